The maximum absolute atomic E-state index is 13.6. The molecule has 0 spiro atoms. The van der Waals surface area contributed by atoms with Crippen molar-refractivity contribution >= 4 is 33.3 Å². The number of phenolic OH excluding ortho intramolecular Hbond substituents is 1. The highest BCUT2D eigenvalue weighted by molar-refractivity contribution is 9.10. The van der Waals surface area contributed by atoms with E-state index in [0.29, 0.717) is 0 Å². The third-order valence-corrected chi connectivity index (χ3v) is 3.90. The van der Waals surface area contributed by atoms with Crippen molar-refractivity contribution in [3.05, 3.63) is 58.3 Å². The van der Waals surface area contributed by atoms with Crippen molar-refractivity contribution in [1.82, 2.24) is 0 Å². The van der Waals surface area contributed by atoms with Gasteiger partial charge in [0.25, 0.3) is 0 Å². The van der Waals surface area contributed by atoms with Crippen molar-refractivity contribution in [2.24, 2.45) is 5.92 Å². The first-order chi connectivity index (χ1) is 10.9. The molecule has 6 heteroatoms. The number of nitrogens with one attached hydrogen (secondary N) is 1. The summed E-state index contributed by atoms with van der Waals surface area (Å²) in [7, 11) is 0. The summed E-state index contributed by atoms with van der Waals surface area (Å²) in [5, 5.41) is 11.7. The average molecular weight is 380 g/mol. The lowest BCUT2D eigenvalue weighted by Crippen LogP contribution is -2.30. The summed E-state index contributed by atoms with van der Waals surface area (Å²) >= 11 is 3.32. The van der Waals surface area contributed by atoms with E-state index in [1.54, 1.807) is 0 Å². The largest absolute Gasteiger partial charge is 0.508 e. The summed E-state index contributed by atoms with van der Waals surface area (Å²) in [4.78, 5) is 24.1. The molecule has 23 heavy (non-hydrogen) atoms. The minimum atomic E-state index is -0.932. The molecule has 2 aromatic rings. The average Bonchev–Trinajstić information content (AvgIpc) is 2.50. The number of benzene rings is 2. The summed E-state index contributed by atoms with van der Waals surface area (Å²) in [5.74, 6) is -2.70. The van der Waals surface area contributed by atoms with Crippen molar-refractivity contribution < 1.29 is 19.1 Å². The van der Waals surface area contributed by atoms with Gasteiger partial charge in [-0.25, -0.2) is 4.39 Å². The van der Waals surface area contributed by atoms with E-state index in [1.165, 1.54) is 13.0 Å². The Morgan fingerprint density at radius 2 is 1.87 bits per heavy atom. The van der Waals surface area contributed by atoms with Crippen LogP contribution in [-0.4, -0.2) is 16.8 Å². The van der Waals surface area contributed by atoms with Gasteiger partial charge in [0, 0.05) is 10.5 Å². The molecule has 0 saturated carbocycles. The highest BCUT2D eigenvalue weighted by atomic mass is 79.9. The maximum atomic E-state index is 13.6. The normalized spacial score (nSPS) is 11.8. The number of phenols is 1. The monoisotopic (exact) mass is 379 g/mol. The van der Waals surface area contributed by atoms with Gasteiger partial charge in [0.15, 0.2) is 0 Å². The molecule has 2 aromatic carbocycles. The van der Waals surface area contributed by atoms with E-state index in [9.17, 15) is 19.1 Å². The quantitative estimate of drug-likeness (QED) is 0.778. The topological polar surface area (TPSA) is 66.4 Å². The summed E-state index contributed by atoms with van der Waals surface area (Å²) < 4.78 is 14.5. The van der Waals surface area contributed by atoms with E-state index >= 15 is 0 Å². The van der Waals surface area contributed by atoms with Crippen LogP contribution in [0.15, 0.2) is 46.9 Å². The van der Waals surface area contributed by atoms with Gasteiger partial charge >= 0.3 is 0 Å². The number of rotatable bonds is 5. The number of ketones is 1. The van der Waals surface area contributed by atoms with Crippen LogP contribution in [-0.2, 0) is 16.0 Å². The fourth-order valence-corrected chi connectivity index (χ4v) is 2.37. The molecular weight excluding hydrogens is 365 g/mol. The molecule has 0 heterocycles. The Hall–Kier alpha value is -2.21. The first kappa shape index (κ1) is 17.1. The second kappa shape index (κ2) is 7.37. The van der Waals surface area contributed by atoms with Crippen LogP contribution >= 0.6 is 15.9 Å². The number of hydrogen-bond acceptors (Lipinski definition) is 3. The molecule has 0 aromatic heterocycles. The molecule has 0 bridgehead atoms. The van der Waals surface area contributed by atoms with Crippen molar-refractivity contribution in [2.45, 2.75) is 13.3 Å². The van der Waals surface area contributed by atoms with Crippen LogP contribution < -0.4 is 5.32 Å². The molecule has 1 amide bonds. The van der Waals surface area contributed by atoms with E-state index in [4.69, 9.17) is 0 Å². The fraction of sp³-hybridized carbons (Fsp3) is 0.176. The van der Waals surface area contributed by atoms with Crippen molar-refractivity contribution in [1.29, 1.82) is 0 Å². The number of Topliss-reactive ketones (excluding diaryl/α,β-unsaturated/α-hetero) is 1. The van der Waals surface area contributed by atoms with Gasteiger partial charge in [-0.05, 0) is 43.2 Å². The first-order valence-corrected chi connectivity index (χ1v) is 7.70. The van der Waals surface area contributed by atoms with Gasteiger partial charge in [0.1, 0.15) is 23.3 Å². The molecule has 2 rings (SSSR count). The lowest BCUT2D eigenvalue weighted by molar-refractivity contribution is -0.129. The second-order valence-electron chi connectivity index (χ2n) is 5.15. The van der Waals surface area contributed by atoms with Crippen LogP contribution in [0.25, 0.3) is 0 Å². The fourth-order valence-electron chi connectivity index (χ4n) is 2.11. The minimum absolute atomic E-state index is 0.156. The molecular formula is C17H15BrFNO3. The van der Waals surface area contributed by atoms with Crippen molar-refractivity contribution in [3.63, 3.8) is 0 Å². The molecule has 1 unspecified atom stereocenters. The van der Waals surface area contributed by atoms with Crippen molar-refractivity contribution in [2.75, 3.05) is 5.32 Å². The molecule has 120 valence electrons. The zero-order valence-corrected chi connectivity index (χ0v) is 13.9. The summed E-state index contributed by atoms with van der Waals surface area (Å²) in [6.07, 6.45) is 0.217. The highest BCUT2D eigenvalue weighted by Crippen LogP contribution is 2.22. The zero-order valence-electron chi connectivity index (χ0n) is 12.3. The van der Waals surface area contributed by atoms with Gasteiger partial charge < -0.3 is 10.4 Å². The van der Waals surface area contributed by atoms with E-state index < -0.39 is 17.6 Å². The Bertz CT molecular complexity index is 731. The molecule has 0 aliphatic carbocycles. The Morgan fingerprint density at radius 1 is 1.22 bits per heavy atom. The van der Waals surface area contributed by atoms with E-state index in [-0.39, 0.29) is 23.6 Å². The molecule has 1 atom stereocenters. The van der Waals surface area contributed by atoms with Crippen LogP contribution in [0.3, 0.4) is 0 Å². The summed E-state index contributed by atoms with van der Waals surface area (Å²) in [5.41, 5.74) is 0.664. The molecule has 0 aliphatic rings. The van der Waals surface area contributed by atoms with Crippen LogP contribution in [0.4, 0.5) is 10.1 Å². The molecule has 0 fully saturated rings. The Morgan fingerprint density at radius 3 is 2.48 bits per heavy atom. The third kappa shape index (κ3) is 4.63. The number of hydrogen-bond donors (Lipinski definition) is 2. The molecule has 0 radical (unpaired) electrons. The number of anilines is 1. The third-order valence-electron chi connectivity index (χ3n) is 3.37. The maximum Gasteiger partial charge on any atom is 0.235 e. The van der Waals surface area contributed by atoms with E-state index in [2.05, 4.69) is 21.2 Å². The van der Waals surface area contributed by atoms with Gasteiger partial charge in [0.2, 0.25) is 5.91 Å². The van der Waals surface area contributed by atoms with Gasteiger partial charge in [-0.1, -0.05) is 28.1 Å². The van der Waals surface area contributed by atoms with Gasteiger partial charge in [-0.2, -0.15) is 0 Å². The lowest BCUT2D eigenvalue weighted by atomic mass is 9.95. The minimum Gasteiger partial charge on any atom is -0.508 e. The lowest BCUT2D eigenvalue weighted by Gasteiger charge is -2.15. The number of aromatic hydroxyl groups is 1. The number of carbonyl (C=O) groups excluding carboxylic acids is 2. The first-order valence-electron chi connectivity index (χ1n) is 6.91. The predicted octanol–water partition coefficient (Wildman–Crippen LogP) is 3.68. The van der Waals surface area contributed by atoms with E-state index in [0.717, 1.165) is 22.2 Å². The molecule has 0 aliphatic heterocycles. The van der Waals surface area contributed by atoms with Crippen LogP contribution in [0, 0.1) is 11.7 Å². The summed E-state index contributed by atoms with van der Waals surface area (Å²) in [6.45, 7) is 1.32. The Kier molecular flexibility index (Phi) is 5.50. The van der Waals surface area contributed by atoms with Crippen LogP contribution in [0.2, 0.25) is 0 Å². The molecule has 0 saturated heterocycles. The zero-order chi connectivity index (χ0) is 17.0. The molecule has 4 nitrogen and oxygen atoms in total. The van der Waals surface area contributed by atoms with Gasteiger partial charge in [0.05, 0.1) is 5.69 Å². The Balaban J connectivity index is 2.17. The number of amides is 1. The summed E-state index contributed by atoms with van der Waals surface area (Å²) in [6, 6.07) is 10.6. The Labute approximate surface area is 141 Å². The van der Waals surface area contributed by atoms with Gasteiger partial charge in [-0.3, -0.25) is 9.59 Å². The predicted molar refractivity (Wildman–Crippen MR) is 88.7 cm³/mol. The standard InChI is InChI=1S/C17H15BrFNO3/c1-10(21)14(8-11-2-4-12(18)5-3-11)17(23)20-16-9-13(22)6-7-15(16)19/h2-7,9,14,22H,8H2,1H3,(H,20,23). The second-order valence-corrected chi connectivity index (χ2v) is 6.06. The smallest absolute Gasteiger partial charge is 0.235 e. The SMILES string of the molecule is CC(=O)C(Cc1ccc(Br)cc1)C(=O)Nc1cc(O)ccc1F. The van der Waals surface area contributed by atoms with Crippen molar-refractivity contribution in [3.8, 4) is 5.75 Å². The number of carbonyl (C=O) groups is 2. The number of halogens is 2. The van der Waals surface area contributed by atoms with Crippen LogP contribution in [0.1, 0.15) is 12.5 Å². The van der Waals surface area contributed by atoms with E-state index in [1.807, 2.05) is 24.3 Å². The van der Waals surface area contributed by atoms with Crippen LogP contribution in [0.5, 0.6) is 5.75 Å². The van der Waals surface area contributed by atoms with Gasteiger partial charge in [-0.15, -0.1) is 0 Å². The highest BCUT2D eigenvalue weighted by Gasteiger charge is 2.24. The molecule has 2 N–H and O–H groups in total.